The first kappa shape index (κ1) is 37.6. The van der Waals surface area contributed by atoms with Crippen LogP contribution in [0.15, 0.2) is 223 Å². The normalized spacial score (nSPS) is 22.2. The molecule has 0 bridgehead atoms. The van der Waals surface area contributed by atoms with Crippen LogP contribution in [0.1, 0.15) is 96.7 Å². The van der Waals surface area contributed by atoms with Gasteiger partial charge in [-0.05, 0) is 183 Å². The van der Waals surface area contributed by atoms with Gasteiger partial charge in [-0.3, -0.25) is 0 Å². The van der Waals surface area contributed by atoms with Gasteiger partial charge in [0.1, 0.15) is 0 Å². The molecule has 0 saturated heterocycles. The molecule has 13 rings (SSSR count). The number of benzene rings is 6. The van der Waals surface area contributed by atoms with Gasteiger partial charge in [0.2, 0.25) is 0 Å². The maximum absolute atomic E-state index is 2.66. The van der Waals surface area contributed by atoms with E-state index in [0.717, 1.165) is 62.7 Å². The highest BCUT2D eigenvalue weighted by Crippen LogP contribution is 2.71. The zero-order chi connectivity index (χ0) is 42.2. The molecule has 0 aromatic heterocycles. The Morgan fingerprint density at radius 1 is 0.391 bits per heavy atom. The maximum Gasteiger partial charge on any atom is 0.0714 e. The molecule has 0 N–H and O–H groups in total. The first-order valence-corrected chi connectivity index (χ1v) is 23.8. The van der Waals surface area contributed by atoms with Crippen LogP contribution >= 0.6 is 0 Å². The molecule has 7 aliphatic rings. The molecule has 0 fully saturated rings. The molecular formula is C63H51N. The fourth-order valence-corrected chi connectivity index (χ4v) is 12.8. The molecule has 2 atom stereocenters. The highest BCUT2D eigenvalue weighted by atomic mass is 15.1. The van der Waals surface area contributed by atoms with Crippen LogP contribution in [0.3, 0.4) is 0 Å². The standard InChI is InChI=1S/C63H51N/c1-4-18-43(19-5-1)45-32-36-47(37-33-45)64(48-38-34-46(35-39-48)44-20-6-2-7-21-44)49-40-41-53-52-24-11-13-27-56(52)63(61(53)42-49)59-30-16-14-28-57(59)62(58-29-15-17-31-60(58)63)54-25-9-3-8-22-50(54)51-23-10-12-26-55(51)62/h1,4-6,9-10,12,14,16,18-21,23-42H,2-3,7-8,11,13,15,17,22H2. The molecule has 64 heavy (non-hydrogen) atoms. The van der Waals surface area contributed by atoms with Gasteiger partial charge in [-0.15, -0.1) is 0 Å². The fourth-order valence-electron chi connectivity index (χ4n) is 12.8. The molecular weight excluding hydrogens is 771 g/mol. The van der Waals surface area contributed by atoms with Crippen molar-refractivity contribution in [2.45, 2.75) is 68.6 Å². The highest BCUT2D eigenvalue weighted by molar-refractivity contribution is 6.00. The molecule has 1 heteroatoms. The molecule has 6 aromatic rings. The number of hydrogen-bond acceptors (Lipinski definition) is 1. The maximum atomic E-state index is 2.66. The van der Waals surface area contributed by atoms with Crippen LogP contribution in [-0.2, 0) is 10.8 Å². The number of nitrogens with zero attached hydrogens (tertiary/aromatic N) is 1. The van der Waals surface area contributed by atoms with E-state index in [1.54, 1.807) is 5.57 Å². The SMILES string of the molecule is C1=CC(c2ccc(N(c3ccc(-c4ccccc4)cc3)c3ccc4c(c3)C3(C5=CCCC=C54)C4=CCCC=C4C4(C5=C(CCCC=C5)c5ccccc54)c4ccccc43)cc2)=CCC1. The van der Waals surface area contributed by atoms with E-state index < -0.39 is 5.41 Å². The molecule has 0 amide bonds. The van der Waals surface area contributed by atoms with Crippen molar-refractivity contribution in [1.82, 2.24) is 0 Å². The Bertz CT molecular complexity index is 3160. The number of rotatable bonds is 5. The van der Waals surface area contributed by atoms with E-state index in [2.05, 4.69) is 205 Å². The van der Waals surface area contributed by atoms with E-state index in [4.69, 9.17) is 0 Å². The zero-order valence-corrected chi connectivity index (χ0v) is 36.4. The molecule has 0 radical (unpaired) electrons. The van der Waals surface area contributed by atoms with Gasteiger partial charge < -0.3 is 4.90 Å². The number of hydrogen-bond donors (Lipinski definition) is 0. The van der Waals surface area contributed by atoms with Crippen molar-refractivity contribution in [2.24, 2.45) is 0 Å². The van der Waals surface area contributed by atoms with Crippen molar-refractivity contribution in [3.8, 4) is 11.1 Å². The summed E-state index contributed by atoms with van der Waals surface area (Å²) < 4.78 is 0. The van der Waals surface area contributed by atoms with Crippen LogP contribution in [0.5, 0.6) is 0 Å². The van der Waals surface area contributed by atoms with E-state index in [0.29, 0.717) is 0 Å². The average molecular weight is 822 g/mol. The predicted molar refractivity (Wildman–Crippen MR) is 268 cm³/mol. The number of fused-ring (bicyclic) bond motifs is 15. The lowest BCUT2D eigenvalue weighted by atomic mass is 9.49. The molecule has 308 valence electrons. The van der Waals surface area contributed by atoms with Gasteiger partial charge in [0.25, 0.3) is 0 Å². The predicted octanol–water partition coefficient (Wildman–Crippen LogP) is 16.4. The Morgan fingerprint density at radius 3 is 1.73 bits per heavy atom. The first-order chi connectivity index (χ1) is 31.8. The van der Waals surface area contributed by atoms with Crippen LogP contribution in [0.2, 0.25) is 0 Å². The second-order valence-electron chi connectivity index (χ2n) is 18.6. The van der Waals surface area contributed by atoms with Crippen LogP contribution in [0, 0.1) is 0 Å². The van der Waals surface area contributed by atoms with Crippen molar-refractivity contribution >= 4 is 33.8 Å². The fraction of sp³-hybridized carbons (Fsp3) is 0.175. The van der Waals surface area contributed by atoms with Crippen LogP contribution in [0.25, 0.3) is 27.8 Å². The van der Waals surface area contributed by atoms with Gasteiger partial charge in [0, 0.05) is 17.1 Å². The monoisotopic (exact) mass is 821 g/mol. The summed E-state index contributed by atoms with van der Waals surface area (Å²) in [5.41, 5.74) is 25.2. The minimum Gasteiger partial charge on any atom is -0.310 e. The first-order valence-electron chi connectivity index (χ1n) is 23.8. The molecule has 1 nitrogen and oxygen atoms in total. The summed E-state index contributed by atoms with van der Waals surface area (Å²) in [6.45, 7) is 0. The lowest BCUT2D eigenvalue weighted by Crippen LogP contribution is -2.46. The largest absolute Gasteiger partial charge is 0.310 e. The van der Waals surface area contributed by atoms with Crippen LogP contribution < -0.4 is 4.90 Å². The van der Waals surface area contributed by atoms with Crippen molar-refractivity contribution in [1.29, 1.82) is 0 Å². The quantitative estimate of drug-likeness (QED) is 0.167. The average Bonchev–Trinajstić information content (AvgIpc) is 3.66. The summed E-state index contributed by atoms with van der Waals surface area (Å²) >= 11 is 0. The van der Waals surface area contributed by atoms with Crippen molar-refractivity contribution in [2.75, 3.05) is 4.90 Å². The van der Waals surface area contributed by atoms with E-state index >= 15 is 0 Å². The Kier molecular flexibility index (Phi) is 8.70. The molecule has 0 aliphatic heterocycles. The van der Waals surface area contributed by atoms with Crippen molar-refractivity contribution < 1.29 is 0 Å². The lowest BCUT2D eigenvalue weighted by Gasteiger charge is -2.52. The third-order valence-electron chi connectivity index (χ3n) is 15.4. The second-order valence-corrected chi connectivity index (χ2v) is 18.6. The Hall–Kier alpha value is -6.96. The van der Waals surface area contributed by atoms with E-state index in [-0.39, 0.29) is 5.41 Å². The summed E-state index contributed by atoms with van der Waals surface area (Å²) in [7, 11) is 0. The molecule has 7 aliphatic carbocycles. The topological polar surface area (TPSA) is 3.24 Å². The van der Waals surface area contributed by atoms with Crippen molar-refractivity contribution in [3.05, 3.63) is 262 Å². The number of anilines is 3. The van der Waals surface area contributed by atoms with E-state index in [9.17, 15) is 0 Å². The molecule has 0 heterocycles. The third-order valence-corrected chi connectivity index (χ3v) is 15.4. The summed E-state index contributed by atoms with van der Waals surface area (Å²) in [5.74, 6) is 0. The molecule has 2 spiro atoms. The lowest BCUT2D eigenvalue weighted by molar-refractivity contribution is 0.599. The summed E-state index contributed by atoms with van der Waals surface area (Å²) in [6.07, 6.45) is 32.3. The smallest absolute Gasteiger partial charge is 0.0714 e. The highest BCUT2D eigenvalue weighted by Gasteiger charge is 2.62. The van der Waals surface area contributed by atoms with Crippen molar-refractivity contribution in [3.63, 3.8) is 0 Å². The van der Waals surface area contributed by atoms with Crippen LogP contribution in [0.4, 0.5) is 17.1 Å². The molecule has 0 saturated carbocycles. The van der Waals surface area contributed by atoms with Gasteiger partial charge in [-0.1, -0.05) is 164 Å². The van der Waals surface area contributed by atoms with Gasteiger partial charge in [0.15, 0.2) is 0 Å². The molecule has 2 unspecified atom stereocenters. The number of allylic oxidation sites excluding steroid dienone is 16. The summed E-state index contributed by atoms with van der Waals surface area (Å²) in [6, 6.07) is 55.7. The minimum absolute atomic E-state index is 0.364. The van der Waals surface area contributed by atoms with E-state index in [1.165, 1.54) is 95.6 Å². The second kappa shape index (κ2) is 14.8. The van der Waals surface area contributed by atoms with Gasteiger partial charge in [-0.2, -0.15) is 0 Å². The Morgan fingerprint density at radius 2 is 0.984 bits per heavy atom. The van der Waals surface area contributed by atoms with Gasteiger partial charge in [0.05, 0.1) is 10.8 Å². The third kappa shape index (κ3) is 5.31. The van der Waals surface area contributed by atoms with Crippen LogP contribution in [-0.4, -0.2) is 0 Å². The van der Waals surface area contributed by atoms with Gasteiger partial charge in [-0.25, -0.2) is 0 Å². The Labute approximate surface area is 378 Å². The Balaban J connectivity index is 1.05. The summed E-state index contributed by atoms with van der Waals surface area (Å²) in [5, 5.41) is 0. The van der Waals surface area contributed by atoms with E-state index in [1.807, 2.05) is 0 Å². The summed E-state index contributed by atoms with van der Waals surface area (Å²) in [4.78, 5) is 2.49. The van der Waals surface area contributed by atoms with Gasteiger partial charge >= 0.3 is 0 Å². The molecule has 6 aromatic carbocycles. The minimum atomic E-state index is -0.453. The zero-order valence-electron chi connectivity index (χ0n) is 36.4.